The molecule has 5 rings (SSSR count). The molecule has 2 aromatic carbocycles. The van der Waals surface area contributed by atoms with Crippen LogP contribution in [-0.4, -0.2) is 145 Å². The molecule has 70 heavy (non-hydrogen) atoms. The van der Waals surface area contributed by atoms with Gasteiger partial charge in [-0.15, -0.1) is 0 Å². The van der Waals surface area contributed by atoms with E-state index in [1.807, 2.05) is 100 Å². The predicted molar refractivity (Wildman–Crippen MR) is 275 cm³/mol. The zero-order valence-electron chi connectivity index (χ0n) is 44.2. The summed E-state index contributed by atoms with van der Waals surface area (Å²) >= 11 is 0. The molecule has 0 spiro atoms. The van der Waals surface area contributed by atoms with Gasteiger partial charge in [0.15, 0.2) is 5.78 Å². The van der Waals surface area contributed by atoms with E-state index in [1.165, 1.54) is 5.06 Å². The first-order valence-corrected chi connectivity index (χ1v) is 26.1. The smallest absolute Gasteiger partial charge is 0.250 e. The largest absolute Gasteiger partial charge is 0.379 e. The van der Waals surface area contributed by atoms with E-state index in [4.69, 9.17) is 20.0 Å². The summed E-state index contributed by atoms with van der Waals surface area (Å²) in [5.41, 5.74) is 9.69. The Balaban J connectivity index is 1.28. The molecule has 3 heterocycles. The van der Waals surface area contributed by atoms with Crippen LogP contribution in [0, 0.1) is 35.5 Å². The van der Waals surface area contributed by atoms with Gasteiger partial charge in [0.25, 0.3) is 0 Å². The van der Waals surface area contributed by atoms with Crippen molar-refractivity contribution in [2.24, 2.45) is 41.2 Å². The molecule has 0 aliphatic carbocycles. The van der Waals surface area contributed by atoms with E-state index in [1.54, 1.807) is 26.2 Å². The van der Waals surface area contributed by atoms with Gasteiger partial charge < -0.3 is 30.0 Å². The fourth-order valence-corrected chi connectivity index (χ4v) is 11.4. The van der Waals surface area contributed by atoms with Crippen LogP contribution < -0.4 is 5.73 Å². The van der Waals surface area contributed by atoms with E-state index in [0.29, 0.717) is 45.5 Å². The van der Waals surface area contributed by atoms with E-state index < -0.39 is 42.0 Å². The number of nitrogens with two attached hydrogens (primary N) is 1. The highest BCUT2D eigenvalue weighted by atomic mass is 16.7. The number of fused-ring (bicyclic) bond motifs is 1. The lowest BCUT2D eigenvalue weighted by Crippen LogP contribution is -2.54. The zero-order chi connectivity index (χ0) is 51.2. The van der Waals surface area contributed by atoms with E-state index in [2.05, 4.69) is 31.0 Å². The number of H-pyrrole nitrogens is 1. The molecule has 3 N–H and O–H groups in total. The van der Waals surface area contributed by atoms with E-state index in [9.17, 15) is 24.0 Å². The van der Waals surface area contributed by atoms with Crippen molar-refractivity contribution in [2.75, 3.05) is 54.6 Å². The van der Waals surface area contributed by atoms with Crippen LogP contribution in [0.1, 0.15) is 111 Å². The van der Waals surface area contributed by atoms with Crippen molar-refractivity contribution in [1.29, 1.82) is 0 Å². The SMILES string of the molecule is CC[C@H](C)[C@@H]([C@@H](CC(=O)N1CCC[C@H]1[C@H](OC)[C@@H](C)C(=O)C[C@@H](Cc1c[nH]c2ccccc12)C(=O)N1CCCCO1)OC)N(C)C(=O)[C@@H](CC(=O)[C@H](C(C)C)N(C)C[C@@H](N)Cc1ccccc1)C(C)C. The highest BCUT2D eigenvalue weighted by Gasteiger charge is 2.44. The number of carbonyl (C=O) groups excluding carboxylic acids is 5. The Morgan fingerprint density at radius 1 is 0.829 bits per heavy atom. The number of ketones is 2. The molecule has 388 valence electrons. The average Bonchev–Trinajstić information content (AvgIpc) is 4.00. The van der Waals surface area contributed by atoms with E-state index in [-0.39, 0.29) is 78.4 Å². The van der Waals surface area contributed by atoms with Crippen molar-refractivity contribution in [2.45, 2.75) is 149 Å². The first kappa shape index (κ1) is 56.4. The van der Waals surface area contributed by atoms with Crippen LogP contribution in [0.5, 0.6) is 0 Å². The fraction of sp³-hybridized carbons (Fsp3) is 0.661. The Bertz CT molecular complexity index is 2140. The van der Waals surface area contributed by atoms with Crippen molar-refractivity contribution in [1.82, 2.24) is 24.7 Å². The molecule has 0 bridgehead atoms. The van der Waals surface area contributed by atoms with Crippen molar-refractivity contribution in [3.63, 3.8) is 0 Å². The number of ether oxygens (including phenoxy) is 2. The van der Waals surface area contributed by atoms with Gasteiger partial charge in [-0.3, -0.25) is 33.7 Å². The second kappa shape index (κ2) is 26.8. The molecule has 2 saturated heterocycles. The Labute approximate surface area is 418 Å². The Kier molecular flexibility index (Phi) is 21.6. The number of nitrogens with one attached hydrogen (secondary N) is 1. The maximum Gasteiger partial charge on any atom is 0.250 e. The van der Waals surface area contributed by atoms with Crippen LogP contribution in [0.25, 0.3) is 10.9 Å². The van der Waals surface area contributed by atoms with Crippen molar-refractivity contribution in [3.05, 3.63) is 71.9 Å². The third-order valence-corrected chi connectivity index (χ3v) is 15.4. The number of likely N-dealkylation sites (tertiary alicyclic amines) is 1. The van der Waals surface area contributed by atoms with Crippen LogP contribution in [0.15, 0.2) is 60.8 Å². The van der Waals surface area contributed by atoms with Gasteiger partial charge in [0, 0.05) is 88.7 Å². The van der Waals surface area contributed by atoms with Gasteiger partial charge in [-0.1, -0.05) is 103 Å². The topological polar surface area (TPSA) is 168 Å². The summed E-state index contributed by atoms with van der Waals surface area (Å²) in [5.74, 6) is -2.58. The molecular formula is C56H86N6O8. The van der Waals surface area contributed by atoms with Crippen LogP contribution in [0.2, 0.25) is 0 Å². The highest BCUT2D eigenvalue weighted by Crippen LogP contribution is 2.33. The number of carbonyl (C=O) groups is 5. The number of rotatable bonds is 27. The molecule has 1 aromatic heterocycles. The quantitative estimate of drug-likeness (QED) is 0.0780. The number of hydrogen-bond donors (Lipinski definition) is 2. The number of aromatic nitrogens is 1. The van der Waals surface area contributed by atoms with Gasteiger partial charge in [-0.05, 0) is 80.5 Å². The summed E-state index contributed by atoms with van der Waals surface area (Å²) in [4.78, 5) is 86.9. The van der Waals surface area contributed by atoms with E-state index in [0.717, 1.165) is 47.7 Å². The highest BCUT2D eigenvalue weighted by molar-refractivity contribution is 5.91. The molecule has 3 aromatic rings. The number of methoxy groups -OCH3 is 2. The van der Waals surface area contributed by atoms with Gasteiger partial charge in [-0.25, -0.2) is 5.06 Å². The molecule has 2 aliphatic heterocycles. The van der Waals surface area contributed by atoms with Crippen molar-refractivity contribution in [3.8, 4) is 0 Å². The molecule has 10 atom stereocenters. The van der Waals surface area contributed by atoms with Crippen LogP contribution in [0.3, 0.4) is 0 Å². The summed E-state index contributed by atoms with van der Waals surface area (Å²) in [5, 5.41) is 2.45. The second-order valence-corrected chi connectivity index (χ2v) is 21.1. The molecule has 0 radical (unpaired) electrons. The van der Waals surface area contributed by atoms with Crippen LogP contribution in [0.4, 0.5) is 0 Å². The summed E-state index contributed by atoms with van der Waals surface area (Å²) in [6, 6.07) is 16.6. The summed E-state index contributed by atoms with van der Waals surface area (Å²) in [7, 11) is 6.90. The summed E-state index contributed by atoms with van der Waals surface area (Å²) in [6.07, 6.45) is 5.68. The summed E-state index contributed by atoms with van der Waals surface area (Å²) in [6.45, 7) is 16.0. The Morgan fingerprint density at radius 2 is 1.53 bits per heavy atom. The molecule has 0 unspecified atom stereocenters. The number of para-hydroxylation sites is 1. The fourth-order valence-electron chi connectivity index (χ4n) is 11.4. The molecule has 0 saturated carbocycles. The minimum absolute atomic E-state index is 0.00328. The van der Waals surface area contributed by atoms with Gasteiger partial charge in [0.1, 0.15) is 5.78 Å². The third-order valence-electron chi connectivity index (χ3n) is 15.4. The van der Waals surface area contributed by atoms with Gasteiger partial charge in [0.05, 0.1) is 49.3 Å². The molecular weight excluding hydrogens is 885 g/mol. The number of amides is 3. The first-order chi connectivity index (χ1) is 33.4. The monoisotopic (exact) mass is 971 g/mol. The standard InChI is InChI=1S/C56H86N6O8/c1-12-38(6)53(60(9)56(67)45(36(2)3)32-49(64)52(37(4)5)59(8)35-43(57)29-40-21-14-13-15-22-40)50(68-10)33-51(65)61-26-20-25-47(61)54(69-11)39(7)48(63)31-41(55(66)62-27-18-19-28-70-62)30-42-34-58-46-24-17-16-23-44(42)46/h13-17,21-24,34,36-39,41,43,45,47,50,52-54,58H,12,18-20,25-33,35,57H2,1-11H3/t38-,39-,41+,43-,45-,47-,50+,52-,53-,54+/m0/s1. The summed E-state index contributed by atoms with van der Waals surface area (Å²) < 4.78 is 12.3. The Hall–Kier alpha value is -4.47. The minimum Gasteiger partial charge on any atom is -0.379 e. The molecule has 2 aliphatic rings. The molecule has 2 fully saturated rings. The number of hydroxylamine groups is 2. The van der Waals surface area contributed by atoms with Crippen molar-refractivity contribution < 1.29 is 38.3 Å². The van der Waals surface area contributed by atoms with Crippen LogP contribution in [-0.2, 0) is 51.1 Å². The zero-order valence-corrected chi connectivity index (χ0v) is 44.2. The number of nitrogens with zero attached hydrogens (tertiary/aromatic N) is 4. The number of aromatic amines is 1. The lowest BCUT2D eigenvalue weighted by molar-refractivity contribution is -0.201. The van der Waals surface area contributed by atoms with Crippen LogP contribution >= 0.6 is 0 Å². The van der Waals surface area contributed by atoms with E-state index >= 15 is 0 Å². The number of hydrogen-bond acceptors (Lipinski definition) is 10. The molecule has 14 nitrogen and oxygen atoms in total. The van der Waals surface area contributed by atoms with Gasteiger partial charge >= 0.3 is 0 Å². The maximum atomic E-state index is 14.8. The third kappa shape index (κ3) is 14.4. The second-order valence-electron chi connectivity index (χ2n) is 21.1. The molecule has 3 amide bonds. The lowest BCUT2D eigenvalue weighted by Gasteiger charge is -2.41. The predicted octanol–water partition coefficient (Wildman–Crippen LogP) is 7.52. The number of benzene rings is 2. The minimum atomic E-state index is -0.647. The van der Waals surface area contributed by atoms with Gasteiger partial charge in [-0.2, -0.15) is 0 Å². The number of likely N-dealkylation sites (N-methyl/N-ethyl adjacent to an activating group) is 2. The van der Waals surface area contributed by atoms with Gasteiger partial charge in [0.2, 0.25) is 17.7 Å². The maximum absolute atomic E-state index is 14.8. The van der Waals surface area contributed by atoms with Crippen molar-refractivity contribution >= 4 is 40.2 Å². The molecule has 14 heteroatoms. The normalized spacial score (nSPS) is 19.4. The lowest BCUT2D eigenvalue weighted by atomic mass is 9.83. The average molecular weight is 971 g/mol. The Morgan fingerprint density at radius 3 is 2.16 bits per heavy atom. The first-order valence-electron chi connectivity index (χ1n) is 26.1. The number of Topliss-reactive ketones (excluding diaryl/α,β-unsaturated/α-hetero) is 2.